The van der Waals surface area contributed by atoms with Crippen molar-refractivity contribution in [3.63, 3.8) is 0 Å². The minimum Gasteiger partial charge on any atom is -0.289 e. The molecule has 0 saturated carbocycles. The number of hydrogen-bond acceptors (Lipinski definition) is 3. The number of benzene rings is 2. The van der Waals surface area contributed by atoms with Crippen LogP contribution in [0.2, 0.25) is 0 Å². The molecule has 0 atom stereocenters. The first kappa shape index (κ1) is 17.3. The largest absolute Gasteiger partial charge is 0.289 e. The van der Waals surface area contributed by atoms with Crippen molar-refractivity contribution in [2.75, 3.05) is 0 Å². The van der Waals surface area contributed by atoms with Gasteiger partial charge in [0, 0.05) is 22.1 Å². The molecule has 0 unspecified atom stereocenters. The summed E-state index contributed by atoms with van der Waals surface area (Å²) in [5, 5.41) is 7.86. The van der Waals surface area contributed by atoms with Crippen molar-refractivity contribution in [2.24, 2.45) is 0 Å². The molecule has 0 bridgehead atoms. The molecule has 6 heteroatoms. The maximum Gasteiger partial charge on any atom is 0.196 e. The second-order valence-electron chi connectivity index (χ2n) is 6.49. The summed E-state index contributed by atoms with van der Waals surface area (Å²) in [5.41, 5.74) is 2.50. The number of alkyl halides is 2. The highest BCUT2D eigenvalue weighted by Crippen LogP contribution is 2.42. The zero-order chi connectivity index (χ0) is 18.5. The Morgan fingerprint density at radius 1 is 1.00 bits per heavy atom. The van der Waals surface area contributed by atoms with Gasteiger partial charge in [-0.15, -0.1) is 0 Å². The van der Waals surface area contributed by atoms with E-state index in [-0.39, 0.29) is 11.6 Å². The summed E-state index contributed by atoms with van der Waals surface area (Å²) in [6.07, 6.45) is 2.40. The lowest BCUT2D eigenvalue weighted by Gasteiger charge is -2.19. The number of fused-ring (bicyclic) bond motifs is 4. The standard InChI is InChI=1S/C20H16Cl2N2O2/c1-2-3-10-20(21,22)19-14-9-8-13-15(16(14)23-24-19)18(26)12-7-5-4-6-11(12)17(13)25/h4-9H,2-3,10H2,1H3,(H,23,24). The fourth-order valence-electron chi connectivity index (χ4n) is 3.46. The molecule has 0 aliphatic heterocycles. The molecule has 4 nitrogen and oxygen atoms in total. The SMILES string of the molecule is CCCCC(Cl)(Cl)c1[nH]nc2c3c(ccc12)C(=O)c1ccccc1C3=O. The molecular formula is C20H16Cl2N2O2. The van der Waals surface area contributed by atoms with E-state index in [9.17, 15) is 9.59 Å². The first-order valence-electron chi connectivity index (χ1n) is 8.53. The van der Waals surface area contributed by atoms with E-state index in [2.05, 4.69) is 17.1 Å². The van der Waals surface area contributed by atoms with E-state index in [1.54, 1.807) is 36.4 Å². The maximum atomic E-state index is 13.0. The van der Waals surface area contributed by atoms with Gasteiger partial charge >= 0.3 is 0 Å². The average molecular weight is 387 g/mol. The van der Waals surface area contributed by atoms with Gasteiger partial charge < -0.3 is 0 Å². The van der Waals surface area contributed by atoms with Crippen LogP contribution in [0.3, 0.4) is 0 Å². The zero-order valence-corrected chi connectivity index (χ0v) is 15.6. The fraction of sp³-hybridized carbons (Fsp3) is 0.250. The molecule has 2 aromatic carbocycles. The highest BCUT2D eigenvalue weighted by molar-refractivity contribution is 6.48. The number of halogens is 2. The molecule has 0 radical (unpaired) electrons. The highest BCUT2D eigenvalue weighted by atomic mass is 35.5. The average Bonchev–Trinajstić information content (AvgIpc) is 3.09. The van der Waals surface area contributed by atoms with Crippen LogP contribution in [0.4, 0.5) is 0 Å². The van der Waals surface area contributed by atoms with Crippen LogP contribution in [0.5, 0.6) is 0 Å². The van der Waals surface area contributed by atoms with E-state index in [1.165, 1.54) is 0 Å². The van der Waals surface area contributed by atoms with Gasteiger partial charge in [-0.3, -0.25) is 14.7 Å². The molecule has 1 N–H and O–H groups in total. The van der Waals surface area contributed by atoms with Crippen molar-refractivity contribution in [3.8, 4) is 0 Å². The van der Waals surface area contributed by atoms with Crippen molar-refractivity contribution in [2.45, 2.75) is 30.5 Å². The van der Waals surface area contributed by atoms with Crippen molar-refractivity contribution < 1.29 is 9.59 Å². The number of rotatable bonds is 4. The molecule has 3 aromatic rings. The summed E-state index contributed by atoms with van der Waals surface area (Å²) >= 11 is 13.1. The number of carbonyl (C=O) groups excluding carboxylic acids is 2. The zero-order valence-electron chi connectivity index (χ0n) is 14.1. The Morgan fingerprint density at radius 2 is 1.69 bits per heavy atom. The summed E-state index contributed by atoms with van der Waals surface area (Å²) in [4.78, 5) is 25.8. The summed E-state index contributed by atoms with van der Waals surface area (Å²) in [7, 11) is 0. The molecular weight excluding hydrogens is 371 g/mol. The molecule has 0 amide bonds. The predicted octanol–water partition coefficient (Wildman–Crippen LogP) is 5.16. The van der Waals surface area contributed by atoms with Gasteiger partial charge in [0.05, 0.1) is 11.3 Å². The number of ketones is 2. The van der Waals surface area contributed by atoms with Crippen molar-refractivity contribution >= 4 is 45.7 Å². The van der Waals surface area contributed by atoms with E-state index >= 15 is 0 Å². The van der Waals surface area contributed by atoms with Crippen LogP contribution in [0.25, 0.3) is 10.9 Å². The first-order chi connectivity index (χ1) is 12.5. The quantitative estimate of drug-likeness (QED) is 0.492. The molecule has 0 fully saturated rings. The van der Waals surface area contributed by atoms with Crippen molar-refractivity contribution in [3.05, 3.63) is 64.3 Å². The minimum absolute atomic E-state index is 0.171. The summed E-state index contributed by atoms with van der Waals surface area (Å²) in [6, 6.07) is 10.3. The molecule has 1 aromatic heterocycles. The molecule has 0 spiro atoms. The van der Waals surface area contributed by atoms with Crippen LogP contribution in [0.1, 0.15) is 63.7 Å². The van der Waals surface area contributed by atoms with E-state index in [4.69, 9.17) is 23.2 Å². The monoisotopic (exact) mass is 386 g/mol. The number of aromatic nitrogens is 2. The van der Waals surface area contributed by atoms with Crippen LogP contribution in [0, 0.1) is 0 Å². The smallest absolute Gasteiger partial charge is 0.196 e. The Bertz CT molecular complexity index is 1050. The number of H-pyrrole nitrogens is 1. The van der Waals surface area contributed by atoms with Gasteiger partial charge in [-0.1, -0.05) is 73.3 Å². The Morgan fingerprint density at radius 3 is 2.38 bits per heavy atom. The first-order valence-corrected chi connectivity index (χ1v) is 9.29. The predicted molar refractivity (Wildman–Crippen MR) is 102 cm³/mol. The van der Waals surface area contributed by atoms with E-state index in [0.717, 1.165) is 12.8 Å². The molecule has 0 saturated heterocycles. The summed E-state index contributed by atoms with van der Waals surface area (Å²) < 4.78 is -1.13. The minimum atomic E-state index is -1.13. The Balaban J connectivity index is 1.91. The van der Waals surface area contributed by atoms with Crippen LogP contribution >= 0.6 is 23.2 Å². The Labute approximate surface area is 160 Å². The lowest BCUT2D eigenvalue weighted by Crippen LogP contribution is -2.21. The van der Waals surface area contributed by atoms with Gasteiger partial charge in [-0.2, -0.15) is 5.10 Å². The number of unbranched alkanes of at least 4 members (excludes halogenated alkanes) is 1. The molecule has 26 heavy (non-hydrogen) atoms. The summed E-state index contributed by atoms with van der Waals surface area (Å²) in [6.45, 7) is 2.06. The van der Waals surface area contributed by atoms with E-state index < -0.39 is 4.33 Å². The van der Waals surface area contributed by atoms with Crippen molar-refractivity contribution in [1.82, 2.24) is 10.2 Å². The summed E-state index contributed by atoms with van der Waals surface area (Å²) in [5.74, 6) is -0.377. The lowest BCUT2D eigenvalue weighted by molar-refractivity contribution is 0.0980. The highest BCUT2D eigenvalue weighted by Gasteiger charge is 2.35. The third-order valence-corrected chi connectivity index (χ3v) is 5.58. The Hall–Kier alpha value is -2.17. The molecule has 1 heterocycles. The third kappa shape index (κ3) is 2.48. The molecule has 132 valence electrons. The second-order valence-corrected chi connectivity index (χ2v) is 7.98. The van der Waals surface area contributed by atoms with Gasteiger partial charge in [-0.25, -0.2) is 0 Å². The van der Waals surface area contributed by atoms with Gasteiger partial charge in [0.1, 0.15) is 5.52 Å². The van der Waals surface area contributed by atoms with Crippen LogP contribution in [-0.4, -0.2) is 21.8 Å². The fourth-order valence-corrected chi connectivity index (χ4v) is 4.02. The lowest BCUT2D eigenvalue weighted by atomic mass is 9.83. The second kappa shape index (κ2) is 6.22. The van der Waals surface area contributed by atoms with E-state index in [0.29, 0.717) is 45.3 Å². The van der Waals surface area contributed by atoms with Gasteiger partial charge in [0.25, 0.3) is 0 Å². The van der Waals surface area contributed by atoms with Crippen LogP contribution in [-0.2, 0) is 4.33 Å². The van der Waals surface area contributed by atoms with Gasteiger partial charge in [-0.05, 0) is 12.5 Å². The normalized spacial score (nSPS) is 13.8. The topological polar surface area (TPSA) is 62.8 Å². The van der Waals surface area contributed by atoms with Crippen LogP contribution in [0.15, 0.2) is 36.4 Å². The molecule has 4 rings (SSSR count). The number of aromatic amines is 1. The Kier molecular flexibility index (Phi) is 4.13. The molecule has 1 aliphatic carbocycles. The van der Waals surface area contributed by atoms with Crippen LogP contribution < -0.4 is 0 Å². The number of nitrogens with one attached hydrogen (secondary N) is 1. The maximum absolute atomic E-state index is 13.0. The molecule has 1 aliphatic rings. The number of hydrogen-bond donors (Lipinski definition) is 1. The van der Waals surface area contributed by atoms with Gasteiger partial charge in [0.15, 0.2) is 15.9 Å². The van der Waals surface area contributed by atoms with E-state index in [1.807, 2.05) is 0 Å². The number of nitrogens with zero attached hydrogens (tertiary/aromatic N) is 1. The van der Waals surface area contributed by atoms with Gasteiger partial charge in [0.2, 0.25) is 0 Å². The number of carbonyl (C=O) groups is 2. The van der Waals surface area contributed by atoms with Crippen molar-refractivity contribution in [1.29, 1.82) is 0 Å². The third-order valence-electron chi connectivity index (χ3n) is 4.82.